The fourth-order valence-corrected chi connectivity index (χ4v) is 3.47. The number of carbonyl (C=O) groups excluding carboxylic acids is 1. The van der Waals surface area contributed by atoms with Crippen molar-refractivity contribution in [3.63, 3.8) is 0 Å². The summed E-state index contributed by atoms with van der Waals surface area (Å²) >= 11 is 0. The molecule has 2 rings (SSSR count). The van der Waals surface area contributed by atoms with Crippen LogP contribution in [0.5, 0.6) is 0 Å². The lowest BCUT2D eigenvalue weighted by Crippen LogP contribution is -2.56. The second kappa shape index (κ2) is 5.90. The number of likely N-dealkylation sites (tertiary alicyclic amines) is 1. The SMILES string of the molecule is NCC1(C(=O)N2CCCCC2C(=O)O)CCCCC1. The van der Waals surface area contributed by atoms with Gasteiger partial charge in [-0.25, -0.2) is 4.79 Å². The minimum Gasteiger partial charge on any atom is -0.480 e. The van der Waals surface area contributed by atoms with Gasteiger partial charge in [0.05, 0.1) is 5.41 Å². The van der Waals surface area contributed by atoms with E-state index in [1.54, 1.807) is 4.90 Å². The molecule has 3 N–H and O–H groups in total. The summed E-state index contributed by atoms with van der Waals surface area (Å²) in [5.74, 6) is -0.891. The molecule has 0 aromatic rings. The zero-order valence-corrected chi connectivity index (χ0v) is 11.4. The van der Waals surface area contributed by atoms with E-state index in [2.05, 4.69) is 0 Å². The van der Waals surface area contributed by atoms with Gasteiger partial charge in [-0.1, -0.05) is 19.3 Å². The maximum atomic E-state index is 12.8. The quantitative estimate of drug-likeness (QED) is 0.809. The van der Waals surface area contributed by atoms with Crippen LogP contribution in [0.3, 0.4) is 0 Å². The highest BCUT2D eigenvalue weighted by molar-refractivity contribution is 5.88. The Balaban J connectivity index is 2.17. The molecule has 0 bridgehead atoms. The molecule has 0 spiro atoms. The Morgan fingerprint density at radius 2 is 1.84 bits per heavy atom. The number of rotatable bonds is 3. The zero-order valence-electron chi connectivity index (χ0n) is 11.4. The lowest BCUT2D eigenvalue weighted by molar-refractivity contribution is -0.158. The maximum absolute atomic E-state index is 12.8. The van der Waals surface area contributed by atoms with Crippen LogP contribution < -0.4 is 5.73 Å². The van der Waals surface area contributed by atoms with Gasteiger partial charge in [0.15, 0.2) is 0 Å². The first kappa shape index (κ1) is 14.3. The van der Waals surface area contributed by atoms with Crippen molar-refractivity contribution in [2.24, 2.45) is 11.1 Å². The van der Waals surface area contributed by atoms with Crippen molar-refractivity contribution in [3.8, 4) is 0 Å². The van der Waals surface area contributed by atoms with Crippen LogP contribution in [0.1, 0.15) is 51.4 Å². The number of hydrogen-bond donors (Lipinski definition) is 2. The predicted octanol–water partition coefficient (Wildman–Crippen LogP) is 1.36. The van der Waals surface area contributed by atoms with Gasteiger partial charge in [0.2, 0.25) is 5.91 Å². The van der Waals surface area contributed by atoms with E-state index in [1.807, 2.05) is 0 Å². The molecule has 1 saturated heterocycles. The minimum atomic E-state index is -0.879. The van der Waals surface area contributed by atoms with Gasteiger partial charge in [0.1, 0.15) is 6.04 Å². The molecule has 0 aromatic carbocycles. The molecular weight excluding hydrogens is 244 g/mol. The third kappa shape index (κ3) is 2.76. The van der Waals surface area contributed by atoms with Gasteiger partial charge in [-0.2, -0.15) is 0 Å². The summed E-state index contributed by atoms with van der Waals surface area (Å²) < 4.78 is 0. The van der Waals surface area contributed by atoms with Gasteiger partial charge in [0, 0.05) is 13.1 Å². The third-order valence-corrected chi connectivity index (χ3v) is 4.70. The van der Waals surface area contributed by atoms with E-state index in [0.29, 0.717) is 19.5 Å². The topological polar surface area (TPSA) is 83.6 Å². The Morgan fingerprint density at radius 3 is 2.42 bits per heavy atom. The largest absolute Gasteiger partial charge is 0.480 e. The monoisotopic (exact) mass is 268 g/mol. The Bertz CT molecular complexity index is 351. The van der Waals surface area contributed by atoms with Crippen LogP contribution in [-0.4, -0.2) is 41.0 Å². The molecule has 1 aliphatic carbocycles. The van der Waals surface area contributed by atoms with Crippen LogP contribution >= 0.6 is 0 Å². The number of amides is 1. The van der Waals surface area contributed by atoms with E-state index in [1.165, 1.54) is 0 Å². The van der Waals surface area contributed by atoms with Crippen LogP contribution in [0, 0.1) is 5.41 Å². The highest BCUT2D eigenvalue weighted by Crippen LogP contribution is 2.38. The van der Waals surface area contributed by atoms with Crippen molar-refractivity contribution in [1.29, 1.82) is 0 Å². The number of hydrogen-bond acceptors (Lipinski definition) is 3. The van der Waals surface area contributed by atoms with E-state index in [4.69, 9.17) is 5.73 Å². The van der Waals surface area contributed by atoms with Crippen molar-refractivity contribution in [2.45, 2.75) is 57.4 Å². The molecule has 1 unspecified atom stereocenters. The minimum absolute atomic E-state index is 0.0122. The Hall–Kier alpha value is -1.10. The van der Waals surface area contributed by atoms with Crippen molar-refractivity contribution < 1.29 is 14.7 Å². The Kier molecular flexibility index (Phi) is 4.45. The van der Waals surface area contributed by atoms with Crippen LogP contribution in [0.4, 0.5) is 0 Å². The molecule has 5 heteroatoms. The van der Waals surface area contributed by atoms with Crippen LogP contribution in [0.2, 0.25) is 0 Å². The summed E-state index contributed by atoms with van der Waals surface area (Å²) in [5.41, 5.74) is 5.38. The first-order valence-electron chi connectivity index (χ1n) is 7.35. The van der Waals surface area contributed by atoms with Crippen molar-refractivity contribution in [1.82, 2.24) is 4.90 Å². The Labute approximate surface area is 114 Å². The normalized spacial score (nSPS) is 27.0. The number of carboxylic acids is 1. The fraction of sp³-hybridized carbons (Fsp3) is 0.857. The third-order valence-electron chi connectivity index (χ3n) is 4.70. The van der Waals surface area contributed by atoms with Gasteiger partial charge >= 0.3 is 5.97 Å². The van der Waals surface area contributed by atoms with E-state index in [0.717, 1.165) is 44.9 Å². The second-order valence-corrected chi connectivity index (χ2v) is 5.89. The molecule has 1 saturated carbocycles. The van der Waals surface area contributed by atoms with Crippen molar-refractivity contribution in [2.75, 3.05) is 13.1 Å². The second-order valence-electron chi connectivity index (χ2n) is 5.89. The standard InChI is InChI=1S/C14H24N2O3/c15-10-14(7-3-1-4-8-14)13(19)16-9-5-2-6-11(16)12(17)18/h11H,1-10,15H2,(H,17,18). The van der Waals surface area contributed by atoms with Gasteiger partial charge in [-0.05, 0) is 32.1 Å². The average molecular weight is 268 g/mol. The van der Waals surface area contributed by atoms with Crippen LogP contribution in [-0.2, 0) is 9.59 Å². The number of nitrogens with two attached hydrogens (primary N) is 1. The molecule has 19 heavy (non-hydrogen) atoms. The lowest BCUT2D eigenvalue weighted by Gasteiger charge is -2.42. The summed E-state index contributed by atoms with van der Waals surface area (Å²) in [6.07, 6.45) is 7.17. The molecule has 0 aromatic heterocycles. The van der Waals surface area contributed by atoms with Crippen LogP contribution in [0.15, 0.2) is 0 Å². The van der Waals surface area contributed by atoms with Crippen molar-refractivity contribution in [3.05, 3.63) is 0 Å². The Morgan fingerprint density at radius 1 is 1.16 bits per heavy atom. The van der Waals surface area contributed by atoms with Gasteiger partial charge < -0.3 is 15.7 Å². The summed E-state index contributed by atoms with van der Waals surface area (Å²) in [6.45, 7) is 0.909. The maximum Gasteiger partial charge on any atom is 0.326 e. The summed E-state index contributed by atoms with van der Waals surface area (Å²) in [6, 6.07) is -0.647. The fourth-order valence-electron chi connectivity index (χ4n) is 3.47. The summed E-state index contributed by atoms with van der Waals surface area (Å²) in [5, 5.41) is 9.29. The molecule has 108 valence electrons. The smallest absolute Gasteiger partial charge is 0.326 e. The van der Waals surface area contributed by atoms with E-state index in [-0.39, 0.29) is 5.91 Å². The predicted molar refractivity (Wildman–Crippen MR) is 71.6 cm³/mol. The highest BCUT2D eigenvalue weighted by atomic mass is 16.4. The number of carboxylic acid groups (broad SMARTS) is 1. The lowest BCUT2D eigenvalue weighted by atomic mass is 9.72. The van der Waals surface area contributed by atoms with Gasteiger partial charge in [0.25, 0.3) is 0 Å². The van der Waals surface area contributed by atoms with Crippen molar-refractivity contribution >= 4 is 11.9 Å². The molecule has 1 atom stereocenters. The first-order chi connectivity index (χ1) is 9.10. The zero-order chi connectivity index (χ0) is 13.9. The number of nitrogens with zero attached hydrogens (tertiary/aromatic N) is 1. The molecule has 1 aliphatic heterocycles. The molecule has 5 nitrogen and oxygen atoms in total. The summed E-state index contributed by atoms with van der Waals surface area (Å²) in [7, 11) is 0. The molecule has 1 heterocycles. The summed E-state index contributed by atoms with van der Waals surface area (Å²) in [4.78, 5) is 25.7. The number of piperidine rings is 1. The van der Waals surface area contributed by atoms with E-state index in [9.17, 15) is 14.7 Å². The number of aliphatic carboxylic acids is 1. The van der Waals surface area contributed by atoms with E-state index >= 15 is 0 Å². The first-order valence-corrected chi connectivity index (χ1v) is 7.35. The van der Waals surface area contributed by atoms with E-state index < -0.39 is 17.4 Å². The van der Waals surface area contributed by atoms with Gasteiger partial charge in [-0.15, -0.1) is 0 Å². The molecular formula is C14H24N2O3. The van der Waals surface area contributed by atoms with Gasteiger partial charge in [-0.3, -0.25) is 4.79 Å². The average Bonchev–Trinajstić information content (AvgIpc) is 2.47. The molecule has 1 amide bonds. The molecule has 2 fully saturated rings. The highest BCUT2D eigenvalue weighted by Gasteiger charge is 2.44. The van der Waals surface area contributed by atoms with Crippen LogP contribution in [0.25, 0.3) is 0 Å². The number of carbonyl (C=O) groups is 2. The molecule has 2 aliphatic rings. The molecule has 0 radical (unpaired) electrons.